The Kier molecular flexibility index (Phi) is 5.85. The number of aliphatic hydroxyl groups is 1. The van der Waals surface area contributed by atoms with Crippen LogP contribution in [0, 0.1) is 6.92 Å². The van der Waals surface area contributed by atoms with Crippen LogP contribution in [0.2, 0.25) is 0 Å². The minimum atomic E-state index is -0.159. The van der Waals surface area contributed by atoms with Crippen molar-refractivity contribution >= 4 is 5.91 Å². The molecule has 2 aromatic rings. The third-order valence-electron chi connectivity index (χ3n) is 4.57. The van der Waals surface area contributed by atoms with E-state index in [1.54, 1.807) is 17.2 Å². The van der Waals surface area contributed by atoms with Gasteiger partial charge in [0.05, 0.1) is 6.20 Å². The molecule has 26 heavy (non-hydrogen) atoms. The molecule has 0 spiro atoms. The van der Waals surface area contributed by atoms with Gasteiger partial charge in [-0.3, -0.25) is 14.7 Å². The normalized spacial score (nSPS) is 18.1. The maximum absolute atomic E-state index is 12.7. The summed E-state index contributed by atoms with van der Waals surface area (Å²) in [5, 5.41) is 13.1. The van der Waals surface area contributed by atoms with E-state index in [-0.39, 0.29) is 30.9 Å². The van der Waals surface area contributed by atoms with E-state index in [9.17, 15) is 9.90 Å². The maximum Gasteiger partial charge on any atom is 0.276 e. The van der Waals surface area contributed by atoms with Crippen LogP contribution in [0.5, 0.6) is 5.75 Å². The lowest BCUT2D eigenvalue weighted by Crippen LogP contribution is -2.53. The van der Waals surface area contributed by atoms with E-state index >= 15 is 0 Å². The Bertz CT molecular complexity index is 731. The van der Waals surface area contributed by atoms with Crippen molar-refractivity contribution < 1.29 is 19.2 Å². The SMILES string of the molecule is Cc1ccc(OCc2cc(C(=O)N3CCN(C)C(CCO)C3)no2)cn1. The summed E-state index contributed by atoms with van der Waals surface area (Å²) in [5.74, 6) is 0.953. The van der Waals surface area contributed by atoms with Crippen LogP contribution in [0.1, 0.15) is 28.4 Å². The van der Waals surface area contributed by atoms with Crippen molar-refractivity contribution in [2.45, 2.75) is 26.0 Å². The van der Waals surface area contributed by atoms with Gasteiger partial charge in [-0.15, -0.1) is 0 Å². The standard InChI is InChI=1S/C18H24N4O4/c1-13-3-4-15(10-19-13)25-12-16-9-17(20-26-16)18(24)22-7-6-21(2)14(11-22)5-8-23/h3-4,9-10,14,23H,5-8,11-12H2,1-2H3. The van der Waals surface area contributed by atoms with Crippen LogP contribution >= 0.6 is 0 Å². The molecular formula is C18H24N4O4. The Morgan fingerprint density at radius 1 is 1.42 bits per heavy atom. The van der Waals surface area contributed by atoms with Crippen LogP contribution in [0.25, 0.3) is 0 Å². The summed E-state index contributed by atoms with van der Waals surface area (Å²) in [6.07, 6.45) is 2.28. The second kappa shape index (κ2) is 8.29. The smallest absolute Gasteiger partial charge is 0.276 e. The number of aromatic nitrogens is 2. The molecule has 0 aliphatic carbocycles. The number of ether oxygens (including phenoxy) is 1. The molecule has 1 atom stereocenters. The van der Waals surface area contributed by atoms with Gasteiger partial charge >= 0.3 is 0 Å². The first-order chi connectivity index (χ1) is 12.6. The molecule has 1 N–H and O–H groups in total. The predicted molar refractivity (Wildman–Crippen MR) is 93.8 cm³/mol. The summed E-state index contributed by atoms with van der Waals surface area (Å²) in [4.78, 5) is 20.7. The van der Waals surface area contributed by atoms with E-state index < -0.39 is 0 Å². The second-order valence-electron chi connectivity index (χ2n) is 6.50. The summed E-state index contributed by atoms with van der Waals surface area (Å²) in [6, 6.07) is 5.46. The van der Waals surface area contributed by atoms with Crippen LogP contribution in [0.15, 0.2) is 28.9 Å². The first-order valence-electron chi connectivity index (χ1n) is 8.68. The van der Waals surface area contributed by atoms with Gasteiger partial charge in [0.25, 0.3) is 5.91 Å². The third kappa shape index (κ3) is 4.39. The van der Waals surface area contributed by atoms with E-state index in [2.05, 4.69) is 15.0 Å². The van der Waals surface area contributed by atoms with E-state index in [0.29, 0.717) is 31.0 Å². The van der Waals surface area contributed by atoms with E-state index in [1.807, 2.05) is 26.1 Å². The lowest BCUT2D eigenvalue weighted by atomic mass is 10.1. The van der Waals surface area contributed by atoms with Gasteiger partial charge in [0.1, 0.15) is 12.4 Å². The molecule has 0 radical (unpaired) electrons. The molecule has 8 heteroatoms. The summed E-state index contributed by atoms with van der Waals surface area (Å²) in [6.45, 7) is 4.16. The zero-order valence-electron chi connectivity index (χ0n) is 15.1. The molecular weight excluding hydrogens is 336 g/mol. The molecule has 1 fully saturated rings. The summed E-state index contributed by atoms with van der Waals surface area (Å²) in [7, 11) is 2.01. The molecule has 0 bridgehead atoms. The molecule has 8 nitrogen and oxygen atoms in total. The molecule has 3 heterocycles. The van der Waals surface area contributed by atoms with Crippen LogP contribution in [0.3, 0.4) is 0 Å². The molecule has 0 aromatic carbocycles. The van der Waals surface area contributed by atoms with Crippen molar-refractivity contribution in [3.05, 3.63) is 41.5 Å². The Balaban J connectivity index is 1.58. The van der Waals surface area contributed by atoms with Crippen molar-refractivity contribution in [3.63, 3.8) is 0 Å². The third-order valence-corrected chi connectivity index (χ3v) is 4.57. The van der Waals surface area contributed by atoms with Crippen LogP contribution in [-0.2, 0) is 6.61 Å². The first kappa shape index (κ1) is 18.3. The zero-order valence-corrected chi connectivity index (χ0v) is 15.1. The molecule has 3 rings (SSSR count). The molecule has 140 valence electrons. The molecule has 1 amide bonds. The number of amides is 1. The van der Waals surface area contributed by atoms with E-state index in [1.165, 1.54) is 0 Å². The van der Waals surface area contributed by atoms with Gasteiger partial charge in [0.15, 0.2) is 11.5 Å². The van der Waals surface area contributed by atoms with Crippen molar-refractivity contribution in [1.82, 2.24) is 19.9 Å². The maximum atomic E-state index is 12.7. The number of aryl methyl sites for hydroxylation is 1. The van der Waals surface area contributed by atoms with Gasteiger partial charge < -0.3 is 19.3 Å². The fourth-order valence-electron chi connectivity index (χ4n) is 2.93. The largest absolute Gasteiger partial charge is 0.484 e. The average Bonchev–Trinajstić information content (AvgIpc) is 3.12. The average molecular weight is 360 g/mol. The number of nitrogens with zero attached hydrogens (tertiary/aromatic N) is 4. The Morgan fingerprint density at radius 3 is 3.00 bits per heavy atom. The minimum absolute atomic E-state index is 0.107. The highest BCUT2D eigenvalue weighted by Gasteiger charge is 2.29. The van der Waals surface area contributed by atoms with Crippen molar-refractivity contribution in [1.29, 1.82) is 0 Å². The second-order valence-corrected chi connectivity index (χ2v) is 6.50. The van der Waals surface area contributed by atoms with Crippen molar-refractivity contribution in [2.24, 2.45) is 0 Å². The molecule has 2 aromatic heterocycles. The highest BCUT2D eigenvalue weighted by molar-refractivity contribution is 5.92. The highest BCUT2D eigenvalue weighted by atomic mass is 16.5. The quantitative estimate of drug-likeness (QED) is 0.824. The van der Waals surface area contributed by atoms with E-state index in [4.69, 9.17) is 9.26 Å². The lowest BCUT2D eigenvalue weighted by molar-refractivity contribution is 0.0491. The first-order valence-corrected chi connectivity index (χ1v) is 8.68. The van der Waals surface area contributed by atoms with E-state index in [0.717, 1.165) is 12.2 Å². The Morgan fingerprint density at radius 2 is 2.27 bits per heavy atom. The molecule has 1 aliphatic heterocycles. The number of hydrogen-bond donors (Lipinski definition) is 1. The zero-order chi connectivity index (χ0) is 18.5. The number of carbonyl (C=O) groups excluding carboxylic acids is 1. The van der Waals surface area contributed by atoms with Crippen LogP contribution < -0.4 is 4.74 Å². The number of likely N-dealkylation sites (N-methyl/N-ethyl adjacent to an activating group) is 1. The minimum Gasteiger partial charge on any atom is -0.484 e. The molecule has 0 saturated carbocycles. The molecule has 1 unspecified atom stereocenters. The highest BCUT2D eigenvalue weighted by Crippen LogP contribution is 2.16. The number of rotatable bonds is 6. The summed E-state index contributed by atoms with van der Waals surface area (Å²) >= 11 is 0. The van der Waals surface area contributed by atoms with Gasteiger partial charge in [-0.1, -0.05) is 5.16 Å². The molecule has 1 saturated heterocycles. The van der Waals surface area contributed by atoms with Gasteiger partial charge in [-0.05, 0) is 32.5 Å². The van der Waals surface area contributed by atoms with Gasteiger partial charge in [0, 0.05) is 44.0 Å². The van der Waals surface area contributed by atoms with Gasteiger partial charge in [0.2, 0.25) is 0 Å². The fraction of sp³-hybridized carbons (Fsp3) is 0.500. The number of aliphatic hydroxyl groups excluding tert-OH is 1. The van der Waals surface area contributed by atoms with Crippen LogP contribution in [-0.4, -0.2) is 70.3 Å². The topological polar surface area (TPSA) is 91.9 Å². The Labute approximate surface area is 152 Å². The summed E-state index contributed by atoms with van der Waals surface area (Å²) in [5.41, 5.74) is 1.19. The Hall–Kier alpha value is -2.45. The van der Waals surface area contributed by atoms with Gasteiger partial charge in [-0.25, -0.2) is 0 Å². The number of pyridine rings is 1. The van der Waals surface area contributed by atoms with Crippen molar-refractivity contribution in [3.8, 4) is 5.75 Å². The fourth-order valence-corrected chi connectivity index (χ4v) is 2.93. The monoisotopic (exact) mass is 360 g/mol. The lowest BCUT2D eigenvalue weighted by Gasteiger charge is -2.39. The predicted octanol–water partition coefficient (Wildman–Crippen LogP) is 1.10. The summed E-state index contributed by atoms with van der Waals surface area (Å²) < 4.78 is 10.8. The number of carbonyl (C=O) groups is 1. The molecule has 1 aliphatic rings. The number of piperazine rings is 1. The van der Waals surface area contributed by atoms with Crippen molar-refractivity contribution in [2.75, 3.05) is 33.3 Å². The van der Waals surface area contributed by atoms with Gasteiger partial charge in [-0.2, -0.15) is 0 Å². The van der Waals surface area contributed by atoms with Crippen LogP contribution in [0.4, 0.5) is 0 Å². The number of hydrogen-bond acceptors (Lipinski definition) is 7.